The predicted octanol–water partition coefficient (Wildman–Crippen LogP) is 3.33. The van der Waals surface area contributed by atoms with Crippen LogP contribution in [0.2, 0.25) is 0 Å². The van der Waals surface area contributed by atoms with Crippen molar-refractivity contribution in [3.63, 3.8) is 0 Å². The fourth-order valence-electron chi connectivity index (χ4n) is 2.47. The highest BCUT2D eigenvalue weighted by molar-refractivity contribution is 5.79. The van der Waals surface area contributed by atoms with Gasteiger partial charge in [-0.1, -0.05) is 44.2 Å². The molecule has 1 heterocycles. The largest absolute Gasteiger partial charge is 0.467 e. The third-order valence-corrected chi connectivity index (χ3v) is 4.06. The SMILES string of the molecule is CN=C(NCCCOCc1ccco1)NCC(C)(C)c1ccccc1. The maximum Gasteiger partial charge on any atom is 0.191 e. The lowest BCUT2D eigenvalue weighted by molar-refractivity contribution is 0.105. The van der Waals surface area contributed by atoms with Gasteiger partial charge in [-0.2, -0.15) is 0 Å². The number of furan rings is 1. The molecule has 0 saturated carbocycles. The van der Waals surface area contributed by atoms with Gasteiger partial charge < -0.3 is 19.8 Å². The molecule has 0 aliphatic heterocycles. The third kappa shape index (κ3) is 6.63. The van der Waals surface area contributed by atoms with Gasteiger partial charge in [-0.3, -0.25) is 4.99 Å². The standard InChI is InChI=1S/C20H29N3O2/c1-20(2,17-9-5-4-6-10-17)16-23-19(21-3)22-12-8-13-24-15-18-11-7-14-25-18/h4-7,9-11,14H,8,12-13,15-16H2,1-3H3,(H2,21,22,23). The molecular weight excluding hydrogens is 314 g/mol. The Morgan fingerprint density at radius 2 is 1.92 bits per heavy atom. The Bertz CT molecular complexity index is 622. The normalized spacial score (nSPS) is 12.2. The van der Waals surface area contributed by atoms with E-state index in [2.05, 4.69) is 53.7 Å². The summed E-state index contributed by atoms with van der Waals surface area (Å²) in [7, 11) is 1.79. The first-order chi connectivity index (χ1) is 12.1. The second kappa shape index (κ2) is 9.89. The van der Waals surface area contributed by atoms with Gasteiger partial charge in [0.05, 0.1) is 6.26 Å². The summed E-state index contributed by atoms with van der Waals surface area (Å²) in [5.41, 5.74) is 1.34. The van der Waals surface area contributed by atoms with Crippen molar-refractivity contribution in [2.24, 2.45) is 4.99 Å². The molecule has 25 heavy (non-hydrogen) atoms. The van der Waals surface area contributed by atoms with Crippen molar-refractivity contribution in [2.45, 2.75) is 32.3 Å². The molecule has 5 nitrogen and oxygen atoms in total. The summed E-state index contributed by atoms with van der Waals surface area (Å²) >= 11 is 0. The second-order valence-corrected chi connectivity index (χ2v) is 6.59. The zero-order valence-corrected chi connectivity index (χ0v) is 15.4. The number of hydrogen-bond acceptors (Lipinski definition) is 3. The molecule has 0 radical (unpaired) electrons. The van der Waals surface area contributed by atoms with E-state index in [1.807, 2.05) is 18.2 Å². The average molecular weight is 343 g/mol. The minimum Gasteiger partial charge on any atom is -0.467 e. The summed E-state index contributed by atoms with van der Waals surface area (Å²) in [4.78, 5) is 4.28. The molecule has 1 aromatic carbocycles. The molecule has 0 fully saturated rings. The summed E-state index contributed by atoms with van der Waals surface area (Å²) in [6.07, 6.45) is 2.57. The lowest BCUT2D eigenvalue weighted by atomic mass is 9.85. The van der Waals surface area contributed by atoms with Gasteiger partial charge >= 0.3 is 0 Å². The van der Waals surface area contributed by atoms with Crippen molar-refractivity contribution < 1.29 is 9.15 Å². The number of nitrogens with one attached hydrogen (secondary N) is 2. The fourth-order valence-corrected chi connectivity index (χ4v) is 2.47. The monoisotopic (exact) mass is 343 g/mol. The minimum atomic E-state index is 0.0328. The van der Waals surface area contributed by atoms with E-state index in [1.165, 1.54) is 5.56 Å². The Hall–Kier alpha value is -2.27. The van der Waals surface area contributed by atoms with E-state index in [0.717, 1.165) is 31.2 Å². The van der Waals surface area contributed by atoms with Crippen molar-refractivity contribution in [2.75, 3.05) is 26.7 Å². The summed E-state index contributed by atoms with van der Waals surface area (Å²) < 4.78 is 10.8. The number of guanidine groups is 1. The number of hydrogen-bond donors (Lipinski definition) is 2. The molecule has 2 rings (SSSR count). The van der Waals surface area contributed by atoms with E-state index in [9.17, 15) is 0 Å². The van der Waals surface area contributed by atoms with Crippen LogP contribution in [0.25, 0.3) is 0 Å². The Morgan fingerprint density at radius 1 is 1.12 bits per heavy atom. The van der Waals surface area contributed by atoms with E-state index >= 15 is 0 Å². The number of rotatable bonds is 9. The molecule has 0 saturated heterocycles. The number of ether oxygens (including phenoxy) is 1. The topological polar surface area (TPSA) is 58.8 Å². The highest BCUT2D eigenvalue weighted by atomic mass is 16.5. The molecule has 0 amide bonds. The molecule has 0 bridgehead atoms. The smallest absolute Gasteiger partial charge is 0.191 e. The van der Waals surface area contributed by atoms with E-state index in [0.29, 0.717) is 13.2 Å². The zero-order chi connectivity index (χ0) is 18.0. The van der Waals surface area contributed by atoms with Crippen LogP contribution in [0, 0.1) is 0 Å². The van der Waals surface area contributed by atoms with Gasteiger partial charge in [0.1, 0.15) is 12.4 Å². The van der Waals surface area contributed by atoms with Crippen molar-refractivity contribution >= 4 is 5.96 Å². The van der Waals surface area contributed by atoms with Gasteiger partial charge in [0.2, 0.25) is 0 Å². The third-order valence-electron chi connectivity index (χ3n) is 4.06. The van der Waals surface area contributed by atoms with Gasteiger partial charge in [0.25, 0.3) is 0 Å². The van der Waals surface area contributed by atoms with Gasteiger partial charge in [-0.15, -0.1) is 0 Å². The van der Waals surface area contributed by atoms with Crippen molar-refractivity contribution in [3.8, 4) is 0 Å². The molecule has 5 heteroatoms. The lowest BCUT2D eigenvalue weighted by Crippen LogP contribution is -2.43. The van der Waals surface area contributed by atoms with Crippen LogP contribution in [0.1, 0.15) is 31.6 Å². The van der Waals surface area contributed by atoms with E-state index in [-0.39, 0.29) is 5.41 Å². The quantitative estimate of drug-likeness (QED) is 0.416. The van der Waals surface area contributed by atoms with Crippen LogP contribution >= 0.6 is 0 Å². The lowest BCUT2D eigenvalue weighted by Gasteiger charge is -2.26. The average Bonchev–Trinajstić information content (AvgIpc) is 3.14. The van der Waals surface area contributed by atoms with Gasteiger partial charge in [0.15, 0.2) is 5.96 Å². The van der Waals surface area contributed by atoms with Crippen molar-refractivity contribution in [1.29, 1.82) is 0 Å². The molecule has 2 N–H and O–H groups in total. The molecule has 2 aromatic rings. The summed E-state index contributed by atoms with van der Waals surface area (Å²) in [6, 6.07) is 14.3. The minimum absolute atomic E-state index is 0.0328. The highest BCUT2D eigenvalue weighted by Gasteiger charge is 2.20. The Labute approximate surface area is 150 Å². The molecule has 136 valence electrons. The number of aliphatic imine (C=N–C) groups is 1. The maximum absolute atomic E-state index is 5.57. The molecule has 0 aliphatic carbocycles. The fraction of sp³-hybridized carbons (Fsp3) is 0.450. The first-order valence-corrected chi connectivity index (χ1v) is 8.72. The highest BCUT2D eigenvalue weighted by Crippen LogP contribution is 2.21. The van der Waals surface area contributed by atoms with Crippen LogP contribution in [-0.4, -0.2) is 32.7 Å². The molecule has 0 atom stereocenters. The van der Waals surface area contributed by atoms with Crippen LogP contribution in [-0.2, 0) is 16.8 Å². The van der Waals surface area contributed by atoms with Crippen molar-refractivity contribution in [1.82, 2.24) is 10.6 Å². The van der Waals surface area contributed by atoms with E-state index in [4.69, 9.17) is 9.15 Å². The van der Waals surface area contributed by atoms with Crippen LogP contribution in [0.3, 0.4) is 0 Å². The summed E-state index contributed by atoms with van der Waals surface area (Å²) in [6.45, 7) is 7.27. The van der Waals surface area contributed by atoms with E-state index < -0.39 is 0 Å². The second-order valence-electron chi connectivity index (χ2n) is 6.59. The number of benzene rings is 1. The first kappa shape index (κ1) is 19.1. The molecular formula is C20H29N3O2. The molecule has 1 aromatic heterocycles. The van der Waals surface area contributed by atoms with Crippen LogP contribution < -0.4 is 10.6 Å². The molecule has 0 spiro atoms. The van der Waals surface area contributed by atoms with Gasteiger partial charge in [-0.05, 0) is 24.1 Å². The molecule has 0 unspecified atom stereocenters. The van der Waals surface area contributed by atoms with Crippen LogP contribution in [0.5, 0.6) is 0 Å². The summed E-state index contributed by atoms with van der Waals surface area (Å²) in [5, 5.41) is 6.73. The zero-order valence-electron chi connectivity index (χ0n) is 15.4. The van der Waals surface area contributed by atoms with Crippen LogP contribution in [0.15, 0.2) is 58.1 Å². The Morgan fingerprint density at radius 3 is 2.60 bits per heavy atom. The van der Waals surface area contributed by atoms with E-state index in [1.54, 1.807) is 13.3 Å². The Balaban J connectivity index is 1.63. The van der Waals surface area contributed by atoms with Crippen LogP contribution in [0.4, 0.5) is 0 Å². The summed E-state index contributed by atoms with van der Waals surface area (Å²) in [5.74, 6) is 1.67. The van der Waals surface area contributed by atoms with Gasteiger partial charge in [0, 0.05) is 32.2 Å². The maximum atomic E-state index is 5.57. The Kier molecular flexibility index (Phi) is 7.54. The van der Waals surface area contributed by atoms with Gasteiger partial charge in [-0.25, -0.2) is 0 Å². The number of nitrogens with zero attached hydrogens (tertiary/aromatic N) is 1. The first-order valence-electron chi connectivity index (χ1n) is 8.72. The van der Waals surface area contributed by atoms with Crippen molar-refractivity contribution in [3.05, 3.63) is 60.1 Å². The predicted molar refractivity (Wildman–Crippen MR) is 102 cm³/mol. The molecule has 0 aliphatic rings.